The molecule has 20 heavy (non-hydrogen) atoms. The first-order valence-electron chi connectivity index (χ1n) is 7.79. The first kappa shape index (κ1) is 15.3. The smallest absolute Gasteiger partial charge is 0.119 e. The van der Waals surface area contributed by atoms with E-state index in [2.05, 4.69) is 26.0 Å². The van der Waals surface area contributed by atoms with Crippen LogP contribution in [0.2, 0.25) is 0 Å². The Kier molecular flexibility index (Phi) is 6.34. The van der Waals surface area contributed by atoms with Crippen molar-refractivity contribution in [2.75, 3.05) is 19.8 Å². The molecule has 3 heteroatoms. The molecule has 0 aromatic heterocycles. The van der Waals surface area contributed by atoms with Gasteiger partial charge in [0, 0.05) is 0 Å². The SMILES string of the molecule is CCCCCOc1ccc([C@@H]2CO[C@@H](CC)CO2)cc1. The van der Waals surface area contributed by atoms with Crippen LogP contribution in [-0.4, -0.2) is 25.9 Å². The standard InChI is InChI=1S/C17H26O3/c1-3-5-6-11-18-16-9-7-14(8-10-16)17-13-19-15(4-2)12-20-17/h7-10,15,17H,3-6,11-13H2,1-2H3/t15-,17-/m0/s1. The molecule has 1 saturated heterocycles. The minimum Gasteiger partial charge on any atom is -0.494 e. The van der Waals surface area contributed by atoms with E-state index < -0.39 is 0 Å². The van der Waals surface area contributed by atoms with E-state index >= 15 is 0 Å². The Morgan fingerprint density at radius 1 is 1.05 bits per heavy atom. The summed E-state index contributed by atoms with van der Waals surface area (Å²) in [7, 11) is 0. The first-order chi connectivity index (χ1) is 9.83. The molecule has 1 heterocycles. The van der Waals surface area contributed by atoms with Crippen LogP contribution in [0.25, 0.3) is 0 Å². The van der Waals surface area contributed by atoms with E-state index in [1.165, 1.54) is 18.4 Å². The molecule has 0 radical (unpaired) electrons. The fourth-order valence-electron chi connectivity index (χ4n) is 2.29. The first-order valence-corrected chi connectivity index (χ1v) is 7.79. The van der Waals surface area contributed by atoms with Crippen molar-refractivity contribution in [2.45, 2.75) is 51.7 Å². The normalized spacial score (nSPS) is 22.7. The largest absolute Gasteiger partial charge is 0.494 e. The lowest BCUT2D eigenvalue weighted by Gasteiger charge is -2.29. The molecule has 1 aliphatic heterocycles. The fraction of sp³-hybridized carbons (Fsp3) is 0.647. The van der Waals surface area contributed by atoms with Crippen molar-refractivity contribution in [2.24, 2.45) is 0 Å². The maximum Gasteiger partial charge on any atom is 0.119 e. The zero-order chi connectivity index (χ0) is 14.2. The average molecular weight is 278 g/mol. The molecule has 0 saturated carbocycles. The number of hydrogen-bond acceptors (Lipinski definition) is 3. The van der Waals surface area contributed by atoms with Crippen LogP contribution >= 0.6 is 0 Å². The average Bonchev–Trinajstić information content (AvgIpc) is 2.52. The van der Waals surface area contributed by atoms with Crippen LogP contribution in [0.5, 0.6) is 5.75 Å². The predicted molar refractivity (Wildman–Crippen MR) is 80.2 cm³/mol. The van der Waals surface area contributed by atoms with Gasteiger partial charge in [-0.25, -0.2) is 0 Å². The molecular weight excluding hydrogens is 252 g/mol. The van der Waals surface area contributed by atoms with Crippen molar-refractivity contribution >= 4 is 0 Å². The summed E-state index contributed by atoms with van der Waals surface area (Å²) in [5.41, 5.74) is 1.17. The molecule has 1 aromatic carbocycles. The second kappa shape index (κ2) is 8.28. The summed E-state index contributed by atoms with van der Waals surface area (Å²) >= 11 is 0. The minimum atomic E-state index is 0.0620. The Morgan fingerprint density at radius 3 is 2.45 bits per heavy atom. The van der Waals surface area contributed by atoms with E-state index in [-0.39, 0.29) is 12.2 Å². The monoisotopic (exact) mass is 278 g/mol. The molecule has 2 rings (SSSR count). The molecule has 3 nitrogen and oxygen atoms in total. The van der Waals surface area contributed by atoms with Gasteiger partial charge in [-0.05, 0) is 30.5 Å². The molecule has 1 aromatic rings. The van der Waals surface area contributed by atoms with Gasteiger partial charge in [0.15, 0.2) is 0 Å². The number of rotatable bonds is 7. The van der Waals surface area contributed by atoms with Crippen molar-refractivity contribution in [1.82, 2.24) is 0 Å². The van der Waals surface area contributed by atoms with Gasteiger partial charge in [-0.15, -0.1) is 0 Å². The van der Waals surface area contributed by atoms with Crippen LogP contribution in [0.1, 0.15) is 51.2 Å². The van der Waals surface area contributed by atoms with E-state index in [1.54, 1.807) is 0 Å². The van der Waals surface area contributed by atoms with Crippen LogP contribution in [0.15, 0.2) is 24.3 Å². The highest BCUT2D eigenvalue weighted by molar-refractivity contribution is 5.28. The quantitative estimate of drug-likeness (QED) is 0.702. The van der Waals surface area contributed by atoms with E-state index in [4.69, 9.17) is 14.2 Å². The molecule has 0 bridgehead atoms. The molecule has 0 aliphatic carbocycles. The summed E-state index contributed by atoms with van der Waals surface area (Å²) in [6, 6.07) is 8.21. The molecule has 0 N–H and O–H groups in total. The van der Waals surface area contributed by atoms with Crippen molar-refractivity contribution in [3.8, 4) is 5.75 Å². The van der Waals surface area contributed by atoms with Gasteiger partial charge in [0.05, 0.1) is 25.9 Å². The molecule has 2 atom stereocenters. The highest BCUT2D eigenvalue weighted by Gasteiger charge is 2.22. The summed E-state index contributed by atoms with van der Waals surface area (Å²) in [5, 5.41) is 0. The Labute approximate surface area is 122 Å². The van der Waals surface area contributed by atoms with Crippen molar-refractivity contribution < 1.29 is 14.2 Å². The lowest BCUT2D eigenvalue weighted by atomic mass is 10.1. The zero-order valence-corrected chi connectivity index (χ0v) is 12.6. The maximum absolute atomic E-state index is 5.85. The van der Waals surface area contributed by atoms with Gasteiger partial charge < -0.3 is 14.2 Å². The lowest BCUT2D eigenvalue weighted by Crippen LogP contribution is -2.30. The Bertz CT molecular complexity index is 366. The fourth-order valence-corrected chi connectivity index (χ4v) is 2.29. The highest BCUT2D eigenvalue weighted by atomic mass is 16.6. The van der Waals surface area contributed by atoms with Gasteiger partial charge in [-0.2, -0.15) is 0 Å². The minimum absolute atomic E-state index is 0.0620. The van der Waals surface area contributed by atoms with E-state index in [9.17, 15) is 0 Å². The van der Waals surface area contributed by atoms with E-state index in [0.29, 0.717) is 13.2 Å². The van der Waals surface area contributed by atoms with Crippen molar-refractivity contribution in [3.05, 3.63) is 29.8 Å². The third kappa shape index (κ3) is 4.50. The molecule has 1 fully saturated rings. The number of ether oxygens (including phenoxy) is 3. The topological polar surface area (TPSA) is 27.7 Å². The summed E-state index contributed by atoms with van der Waals surface area (Å²) < 4.78 is 17.3. The molecule has 0 amide bonds. The van der Waals surface area contributed by atoms with Gasteiger partial charge in [0.2, 0.25) is 0 Å². The Hall–Kier alpha value is -1.06. The van der Waals surface area contributed by atoms with Crippen LogP contribution in [0, 0.1) is 0 Å². The third-order valence-corrected chi connectivity index (χ3v) is 3.69. The highest BCUT2D eigenvalue weighted by Crippen LogP contribution is 2.25. The number of hydrogen-bond donors (Lipinski definition) is 0. The summed E-state index contributed by atoms with van der Waals surface area (Å²) in [6.45, 7) is 6.46. The predicted octanol–water partition coefficient (Wildman–Crippen LogP) is 4.12. The third-order valence-electron chi connectivity index (χ3n) is 3.69. The second-order valence-corrected chi connectivity index (χ2v) is 5.31. The molecular formula is C17H26O3. The van der Waals surface area contributed by atoms with Crippen LogP contribution in [0.4, 0.5) is 0 Å². The van der Waals surface area contributed by atoms with Gasteiger partial charge in [0.1, 0.15) is 11.9 Å². The number of unbranched alkanes of at least 4 members (excludes halogenated alkanes) is 2. The lowest BCUT2D eigenvalue weighted by molar-refractivity contribution is -0.135. The van der Waals surface area contributed by atoms with Gasteiger partial charge in [-0.1, -0.05) is 38.8 Å². The van der Waals surface area contributed by atoms with Crippen molar-refractivity contribution in [3.63, 3.8) is 0 Å². The summed E-state index contributed by atoms with van der Waals surface area (Å²) in [5.74, 6) is 0.938. The van der Waals surface area contributed by atoms with E-state index in [1.807, 2.05) is 12.1 Å². The molecule has 112 valence electrons. The maximum atomic E-state index is 5.85. The Balaban J connectivity index is 1.79. The van der Waals surface area contributed by atoms with Crippen molar-refractivity contribution in [1.29, 1.82) is 0 Å². The second-order valence-electron chi connectivity index (χ2n) is 5.31. The molecule has 0 spiro atoms. The molecule has 1 aliphatic rings. The summed E-state index contributed by atoms with van der Waals surface area (Å²) in [4.78, 5) is 0. The van der Waals surface area contributed by atoms with Gasteiger partial charge >= 0.3 is 0 Å². The van der Waals surface area contributed by atoms with Crippen LogP contribution in [0.3, 0.4) is 0 Å². The van der Waals surface area contributed by atoms with Crippen LogP contribution in [-0.2, 0) is 9.47 Å². The van der Waals surface area contributed by atoms with Gasteiger partial charge in [0.25, 0.3) is 0 Å². The van der Waals surface area contributed by atoms with Gasteiger partial charge in [-0.3, -0.25) is 0 Å². The Morgan fingerprint density at radius 2 is 1.85 bits per heavy atom. The van der Waals surface area contributed by atoms with E-state index in [0.717, 1.165) is 25.2 Å². The summed E-state index contributed by atoms with van der Waals surface area (Å²) in [6.07, 6.45) is 4.90. The zero-order valence-electron chi connectivity index (χ0n) is 12.6. The van der Waals surface area contributed by atoms with Crippen LogP contribution < -0.4 is 4.74 Å². The molecule has 0 unspecified atom stereocenters. The number of benzene rings is 1.